The molecule has 2 rings (SSSR count). The molecule has 6 heteroatoms. The summed E-state index contributed by atoms with van der Waals surface area (Å²) in [6, 6.07) is 11.3. The number of benzene rings is 2. The van der Waals surface area contributed by atoms with Gasteiger partial charge in [-0.15, -0.1) is 0 Å². The summed E-state index contributed by atoms with van der Waals surface area (Å²) in [5.74, 6) is -0.407. The van der Waals surface area contributed by atoms with Crippen molar-refractivity contribution in [1.82, 2.24) is 0 Å². The van der Waals surface area contributed by atoms with E-state index in [4.69, 9.17) is 16.3 Å². The highest BCUT2D eigenvalue weighted by Gasteiger charge is 2.18. The molecule has 0 fully saturated rings. The van der Waals surface area contributed by atoms with E-state index in [1.54, 1.807) is 26.8 Å². The van der Waals surface area contributed by atoms with Crippen LogP contribution in [0.3, 0.4) is 0 Å². The number of hydrogen-bond acceptors (Lipinski definition) is 3. The molecule has 0 bridgehead atoms. The Morgan fingerprint density at radius 3 is 2.52 bits per heavy atom. The Bertz CT molecular complexity index is 759. The van der Waals surface area contributed by atoms with E-state index in [1.807, 2.05) is 25.1 Å². The lowest BCUT2D eigenvalue weighted by Crippen LogP contribution is -2.27. The van der Waals surface area contributed by atoms with Crippen LogP contribution < -0.4 is 10.6 Å². The third-order valence-electron chi connectivity index (χ3n) is 3.34. The van der Waals surface area contributed by atoms with Crippen LogP contribution in [-0.4, -0.2) is 11.7 Å². The molecule has 4 nitrogen and oxygen atoms in total. The molecule has 0 heterocycles. The third-order valence-corrected chi connectivity index (χ3v) is 3.57. The van der Waals surface area contributed by atoms with Crippen LogP contribution in [0.5, 0.6) is 0 Å². The van der Waals surface area contributed by atoms with E-state index in [0.717, 1.165) is 5.56 Å². The smallest absolute Gasteiger partial charge is 0.412 e. The molecule has 2 aromatic carbocycles. The van der Waals surface area contributed by atoms with Gasteiger partial charge in [0.1, 0.15) is 11.4 Å². The summed E-state index contributed by atoms with van der Waals surface area (Å²) in [7, 11) is 0. The summed E-state index contributed by atoms with van der Waals surface area (Å²) in [4.78, 5) is 12.0. The van der Waals surface area contributed by atoms with Crippen LogP contribution in [0, 0.1) is 5.82 Å². The molecule has 25 heavy (non-hydrogen) atoms. The number of anilines is 2. The molecule has 0 aromatic heterocycles. The molecule has 1 atom stereocenters. The fraction of sp³-hybridized carbons (Fsp3) is 0.316. The topological polar surface area (TPSA) is 50.4 Å². The average molecular weight is 365 g/mol. The Balaban J connectivity index is 2.19. The Morgan fingerprint density at radius 2 is 1.88 bits per heavy atom. The summed E-state index contributed by atoms with van der Waals surface area (Å²) in [6.07, 6.45) is -0.599. The number of rotatable bonds is 4. The fourth-order valence-corrected chi connectivity index (χ4v) is 2.45. The maximum Gasteiger partial charge on any atom is 0.412 e. The Hall–Kier alpha value is -2.27. The zero-order valence-electron chi connectivity index (χ0n) is 14.7. The fourth-order valence-electron chi connectivity index (χ4n) is 2.25. The van der Waals surface area contributed by atoms with Crippen LogP contribution in [0.4, 0.5) is 20.6 Å². The van der Waals surface area contributed by atoms with E-state index in [-0.39, 0.29) is 6.04 Å². The average Bonchev–Trinajstić information content (AvgIpc) is 2.48. The molecular weight excluding hydrogens is 343 g/mol. The zero-order valence-corrected chi connectivity index (χ0v) is 15.4. The Kier molecular flexibility index (Phi) is 5.90. The highest BCUT2D eigenvalue weighted by atomic mass is 35.5. The number of carbonyl (C=O) groups is 1. The first-order chi connectivity index (χ1) is 11.6. The largest absolute Gasteiger partial charge is 0.444 e. The van der Waals surface area contributed by atoms with E-state index in [0.29, 0.717) is 16.4 Å². The lowest BCUT2D eigenvalue weighted by molar-refractivity contribution is 0.0636. The summed E-state index contributed by atoms with van der Waals surface area (Å²) < 4.78 is 18.9. The van der Waals surface area contributed by atoms with Gasteiger partial charge < -0.3 is 10.1 Å². The van der Waals surface area contributed by atoms with E-state index < -0.39 is 17.5 Å². The van der Waals surface area contributed by atoms with Gasteiger partial charge in [-0.2, -0.15) is 0 Å². The number of halogens is 2. The first-order valence-electron chi connectivity index (χ1n) is 7.95. The summed E-state index contributed by atoms with van der Waals surface area (Å²) in [5.41, 5.74) is 1.22. The van der Waals surface area contributed by atoms with E-state index >= 15 is 0 Å². The first kappa shape index (κ1) is 19.1. The molecule has 1 amide bonds. The normalized spacial score (nSPS) is 12.4. The standard InChI is InChI=1S/C19H22ClFN2O2/c1-12(13-6-5-7-14(20)10-13)22-17-11-15(21)8-9-16(17)23-18(24)25-19(2,3)4/h5-12,22H,1-4H3,(H,23,24). The lowest BCUT2D eigenvalue weighted by atomic mass is 10.1. The van der Waals surface area contributed by atoms with Crippen molar-refractivity contribution in [3.05, 3.63) is 58.9 Å². The van der Waals surface area contributed by atoms with Gasteiger partial charge in [-0.25, -0.2) is 9.18 Å². The molecule has 0 saturated carbocycles. The zero-order chi connectivity index (χ0) is 18.6. The maximum absolute atomic E-state index is 13.7. The minimum absolute atomic E-state index is 0.139. The summed E-state index contributed by atoms with van der Waals surface area (Å²) in [6.45, 7) is 7.25. The van der Waals surface area contributed by atoms with Crippen molar-refractivity contribution in [2.24, 2.45) is 0 Å². The molecule has 0 aliphatic carbocycles. The summed E-state index contributed by atoms with van der Waals surface area (Å²) >= 11 is 6.02. The van der Waals surface area contributed by atoms with Gasteiger partial charge in [0.05, 0.1) is 11.4 Å². The molecule has 2 N–H and O–H groups in total. The second-order valence-corrected chi connectivity index (χ2v) is 7.17. The molecule has 0 saturated heterocycles. The molecule has 0 aliphatic rings. The number of carbonyl (C=O) groups excluding carboxylic acids is 1. The van der Waals surface area contributed by atoms with Gasteiger partial charge in [-0.3, -0.25) is 5.32 Å². The van der Waals surface area contributed by atoms with Crippen molar-refractivity contribution < 1.29 is 13.9 Å². The van der Waals surface area contributed by atoms with Gasteiger partial charge in [0.2, 0.25) is 0 Å². The van der Waals surface area contributed by atoms with Gasteiger partial charge in [-0.05, 0) is 63.6 Å². The van der Waals surface area contributed by atoms with Gasteiger partial charge >= 0.3 is 6.09 Å². The van der Waals surface area contributed by atoms with Crippen molar-refractivity contribution in [1.29, 1.82) is 0 Å². The lowest BCUT2D eigenvalue weighted by Gasteiger charge is -2.22. The van der Waals surface area contributed by atoms with Crippen LogP contribution in [0.15, 0.2) is 42.5 Å². The number of hydrogen-bond donors (Lipinski definition) is 2. The highest BCUT2D eigenvalue weighted by molar-refractivity contribution is 6.30. The predicted octanol–water partition coefficient (Wildman–Crippen LogP) is 6.00. The molecule has 1 unspecified atom stereocenters. The quantitative estimate of drug-likeness (QED) is 0.699. The van der Waals surface area contributed by atoms with Crippen molar-refractivity contribution in [3.63, 3.8) is 0 Å². The van der Waals surface area contributed by atoms with Crippen LogP contribution >= 0.6 is 11.6 Å². The van der Waals surface area contributed by atoms with Crippen molar-refractivity contribution in [2.45, 2.75) is 39.3 Å². The minimum atomic E-state index is -0.619. The molecule has 134 valence electrons. The van der Waals surface area contributed by atoms with Crippen LogP contribution in [0.1, 0.15) is 39.3 Å². The first-order valence-corrected chi connectivity index (χ1v) is 8.33. The third kappa shape index (κ3) is 5.94. The van der Waals surface area contributed by atoms with Gasteiger partial charge in [0.25, 0.3) is 0 Å². The number of amides is 1. The van der Waals surface area contributed by atoms with Crippen LogP contribution in [-0.2, 0) is 4.74 Å². The SMILES string of the molecule is CC(Nc1cc(F)ccc1NC(=O)OC(C)(C)C)c1cccc(Cl)c1. The summed E-state index contributed by atoms with van der Waals surface area (Å²) in [5, 5.41) is 6.46. The van der Waals surface area contributed by atoms with Crippen molar-refractivity contribution in [2.75, 3.05) is 10.6 Å². The van der Waals surface area contributed by atoms with Crippen molar-refractivity contribution in [3.8, 4) is 0 Å². The Labute approximate surface area is 152 Å². The second kappa shape index (κ2) is 7.74. The van der Waals surface area contributed by atoms with E-state index in [1.165, 1.54) is 18.2 Å². The molecule has 2 aromatic rings. The number of nitrogens with one attached hydrogen (secondary N) is 2. The van der Waals surface area contributed by atoms with E-state index in [2.05, 4.69) is 10.6 Å². The second-order valence-electron chi connectivity index (χ2n) is 6.74. The minimum Gasteiger partial charge on any atom is -0.444 e. The molecular formula is C19H22ClFN2O2. The molecule has 0 spiro atoms. The van der Waals surface area contributed by atoms with Gasteiger partial charge in [0, 0.05) is 11.1 Å². The maximum atomic E-state index is 13.7. The highest BCUT2D eigenvalue weighted by Crippen LogP contribution is 2.28. The number of ether oxygens (including phenoxy) is 1. The monoisotopic (exact) mass is 364 g/mol. The van der Waals surface area contributed by atoms with Crippen molar-refractivity contribution >= 4 is 29.1 Å². The molecule has 0 aliphatic heterocycles. The van der Waals surface area contributed by atoms with Gasteiger partial charge in [-0.1, -0.05) is 23.7 Å². The molecule has 0 radical (unpaired) electrons. The Morgan fingerprint density at radius 1 is 1.16 bits per heavy atom. The predicted molar refractivity (Wildman–Crippen MR) is 99.7 cm³/mol. The van der Waals surface area contributed by atoms with Crippen LogP contribution in [0.25, 0.3) is 0 Å². The van der Waals surface area contributed by atoms with E-state index in [9.17, 15) is 9.18 Å². The van der Waals surface area contributed by atoms with Crippen LogP contribution in [0.2, 0.25) is 5.02 Å². The van der Waals surface area contributed by atoms with Gasteiger partial charge in [0.15, 0.2) is 0 Å².